The first kappa shape index (κ1) is 11.0. The molecule has 0 amide bonds. The average molecular weight is 183 g/mol. The van der Waals surface area contributed by atoms with E-state index < -0.39 is 0 Å². The summed E-state index contributed by atoms with van der Waals surface area (Å²) < 4.78 is 0. The van der Waals surface area contributed by atoms with Gasteiger partial charge in [0, 0.05) is 11.1 Å². The van der Waals surface area contributed by atoms with Crippen molar-refractivity contribution in [1.82, 2.24) is 0 Å². The van der Waals surface area contributed by atoms with Gasteiger partial charge in [0.15, 0.2) is 0 Å². The molecule has 1 N–H and O–H groups in total. The highest BCUT2D eigenvalue weighted by Crippen LogP contribution is 2.05. The fourth-order valence-corrected chi connectivity index (χ4v) is 0.694. The van der Waals surface area contributed by atoms with Gasteiger partial charge in [-0.25, -0.2) is 0 Å². The number of aryl methyl sites for hydroxylation is 1. The van der Waals surface area contributed by atoms with Gasteiger partial charge in [-0.05, 0) is 26.0 Å². The molecule has 0 heterocycles. The second-order valence-corrected chi connectivity index (χ2v) is 2.73. The molecule has 66 valence electrons. The lowest BCUT2D eigenvalue weighted by Gasteiger charge is -1.89. The Bertz CT molecular complexity index is 206. The highest BCUT2D eigenvalue weighted by atomic mass is 32.1. The summed E-state index contributed by atoms with van der Waals surface area (Å²) in [6, 6.07) is 8.06. The van der Waals surface area contributed by atoms with E-state index >= 15 is 0 Å². The molecule has 2 nitrogen and oxygen atoms in total. The van der Waals surface area contributed by atoms with Crippen LogP contribution in [-0.4, -0.2) is 11.4 Å². The van der Waals surface area contributed by atoms with Crippen molar-refractivity contribution in [3.63, 3.8) is 0 Å². The van der Waals surface area contributed by atoms with Gasteiger partial charge in [0.25, 0.3) is 0 Å². The molecule has 1 rings (SSSR count). The zero-order valence-corrected chi connectivity index (χ0v) is 8.12. The van der Waals surface area contributed by atoms with E-state index in [2.05, 4.69) is 24.7 Å². The predicted molar refractivity (Wildman–Crippen MR) is 54.4 cm³/mol. The van der Waals surface area contributed by atoms with Crippen LogP contribution in [0.2, 0.25) is 0 Å². The summed E-state index contributed by atoms with van der Waals surface area (Å²) in [4.78, 5) is 1.02. The van der Waals surface area contributed by atoms with Crippen molar-refractivity contribution in [2.24, 2.45) is 5.16 Å². The number of nitrogens with zero attached hydrogens (tertiary/aromatic N) is 1. The van der Waals surface area contributed by atoms with E-state index in [1.165, 1.54) is 11.8 Å². The number of oxime groups is 1. The summed E-state index contributed by atoms with van der Waals surface area (Å²) in [6.07, 6.45) is 1.31. The van der Waals surface area contributed by atoms with Crippen LogP contribution in [-0.2, 0) is 0 Å². The smallest absolute Gasteiger partial charge is 0.0404 e. The number of hydrogen-bond acceptors (Lipinski definition) is 3. The van der Waals surface area contributed by atoms with E-state index in [0.29, 0.717) is 0 Å². The molecule has 0 saturated heterocycles. The summed E-state index contributed by atoms with van der Waals surface area (Å²) in [5.74, 6) is 0. The van der Waals surface area contributed by atoms with Gasteiger partial charge in [0.2, 0.25) is 0 Å². The number of rotatable bonds is 0. The third-order valence-electron chi connectivity index (χ3n) is 1.15. The van der Waals surface area contributed by atoms with Crippen LogP contribution in [0.3, 0.4) is 0 Å². The Morgan fingerprint density at radius 3 is 2.00 bits per heavy atom. The van der Waals surface area contributed by atoms with E-state index in [1.807, 2.05) is 24.3 Å². The van der Waals surface area contributed by atoms with Crippen molar-refractivity contribution in [1.29, 1.82) is 0 Å². The monoisotopic (exact) mass is 183 g/mol. The van der Waals surface area contributed by atoms with Gasteiger partial charge >= 0.3 is 0 Å². The van der Waals surface area contributed by atoms with Crippen molar-refractivity contribution in [3.8, 4) is 0 Å². The first-order valence-corrected chi connectivity index (χ1v) is 4.03. The van der Waals surface area contributed by atoms with Crippen molar-refractivity contribution in [3.05, 3.63) is 29.8 Å². The Kier molecular flexibility index (Phi) is 6.19. The normalized spacial score (nSPS) is 9.25. The predicted octanol–water partition coefficient (Wildman–Crippen LogP) is 2.75. The average Bonchev–Trinajstić information content (AvgIpc) is 2.11. The molecule has 0 aromatic heterocycles. The van der Waals surface area contributed by atoms with Crippen molar-refractivity contribution < 1.29 is 5.21 Å². The lowest BCUT2D eigenvalue weighted by atomic mass is 10.2. The molecule has 0 aliphatic heterocycles. The van der Waals surface area contributed by atoms with Gasteiger partial charge in [-0.1, -0.05) is 17.7 Å². The van der Waals surface area contributed by atoms with Crippen LogP contribution in [0.25, 0.3) is 0 Å². The SMILES string of the molecule is CC=NO.Cc1ccc(S)cc1. The maximum absolute atomic E-state index is 7.44. The molecule has 0 aliphatic carbocycles. The van der Waals surface area contributed by atoms with Gasteiger partial charge in [-0.3, -0.25) is 0 Å². The van der Waals surface area contributed by atoms with Crippen molar-refractivity contribution >= 4 is 18.8 Å². The third-order valence-corrected chi connectivity index (χ3v) is 1.45. The van der Waals surface area contributed by atoms with Gasteiger partial charge in [0.05, 0.1) is 0 Å². The molecule has 0 atom stereocenters. The largest absolute Gasteiger partial charge is 0.411 e. The van der Waals surface area contributed by atoms with E-state index in [9.17, 15) is 0 Å². The molecule has 0 saturated carbocycles. The van der Waals surface area contributed by atoms with E-state index in [-0.39, 0.29) is 0 Å². The molecular weight excluding hydrogens is 170 g/mol. The fourth-order valence-electron chi connectivity index (χ4n) is 0.545. The van der Waals surface area contributed by atoms with Crippen LogP contribution in [0.5, 0.6) is 0 Å². The zero-order chi connectivity index (χ0) is 9.40. The van der Waals surface area contributed by atoms with Crippen LogP contribution in [0.15, 0.2) is 34.3 Å². The third kappa shape index (κ3) is 5.80. The summed E-state index contributed by atoms with van der Waals surface area (Å²) in [5, 5.41) is 10.1. The first-order valence-electron chi connectivity index (χ1n) is 3.58. The molecule has 1 aromatic carbocycles. The maximum atomic E-state index is 7.44. The summed E-state index contributed by atoms with van der Waals surface area (Å²) >= 11 is 4.13. The zero-order valence-electron chi connectivity index (χ0n) is 7.23. The topological polar surface area (TPSA) is 32.6 Å². The Hall–Kier alpha value is -0.960. The Morgan fingerprint density at radius 2 is 1.75 bits per heavy atom. The van der Waals surface area contributed by atoms with E-state index in [1.54, 1.807) is 6.92 Å². The van der Waals surface area contributed by atoms with E-state index in [4.69, 9.17) is 5.21 Å². The highest BCUT2D eigenvalue weighted by molar-refractivity contribution is 7.80. The Balaban J connectivity index is 0.000000261. The molecule has 0 radical (unpaired) electrons. The first-order chi connectivity index (χ1) is 5.70. The second kappa shape index (κ2) is 6.73. The minimum Gasteiger partial charge on any atom is -0.411 e. The molecule has 0 unspecified atom stereocenters. The molecule has 0 spiro atoms. The summed E-state index contributed by atoms with van der Waals surface area (Å²) in [5.41, 5.74) is 1.28. The second-order valence-electron chi connectivity index (χ2n) is 2.21. The Morgan fingerprint density at radius 1 is 1.33 bits per heavy atom. The molecule has 1 aromatic rings. The highest BCUT2D eigenvalue weighted by Gasteiger charge is 1.80. The van der Waals surface area contributed by atoms with Crippen LogP contribution in [0.4, 0.5) is 0 Å². The van der Waals surface area contributed by atoms with Gasteiger partial charge in [-0.2, -0.15) is 0 Å². The number of thiol groups is 1. The van der Waals surface area contributed by atoms with Crippen molar-refractivity contribution in [2.75, 3.05) is 0 Å². The lowest BCUT2D eigenvalue weighted by Crippen LogP contribution is -1.67. The van der Waals surface area contributed by atoms with Gasteiger partial charge in [-0.15, -0.1) is 17.8 Å². The number of hydrogen-bond donors (Lipinski definition) is 2. The molecule has 12 heavy (non-hydrogen) atoms. The summed E-state index contributed by atoms with van der Waals surface area (Å²) in [6.45, 7) is 3.70. The molecule has 3 heteroatoms. The molecule has 0 aliphatic rings. The van der Waals surface area contributed by atoms with Gasteiger partial charge < -0.3 is 5.21 Å². The van der Waals surface area contributed by atoms with E-state index in [0.717, 1.165) is 4.90 Å². The van der Waals surface area contributed by atoms with Crippen LogP contribution < -0.4 is 0 Å². The number of benzene rings is 1. The molecule has 0 bridgehead atoms. The van der Waals surface area contributed by atoms with Gasteiger partial charge in [0.1, 0.15) is 0 Å². The van der Waals surface area contributed by atoms with Crippen LogP contribution in [0, 0.1) is 6.92 Å². The standard InChI is InChI=1S/C7H8S.C2H5NO/c1-6-2-4-7(8)5-3-6;1-2-3-4/h2-5,8H,1H3;2,4H,1H3. The molecular formula is C9H13NOS. The van der Waals surface area contributed by atoms with Crippen molar-refractivity contribution in [2.45, 2.75) is 18.7 Å². The van der Waals surface area contributed by atoms with Crippen LogP contribution in [0.1, 0.15) is 12.5 Å². The minimum atomic E-state index is 1.02. The quantitative estimate of drug-likeness (QED) is 0.276. The maximum Gasteiger partial charge on any atom is 0.0404 e. The lowest BCUT2D eigenvalue weighted by molar-refractivity contribution is 0.321. The minimum absolute atomic E-state index is 1.02. The fraction of sp³-hybridized carbons (Fsp3) is 0.222. The Labute approximate surface area is 78.3 Å². The summed E-state index contributed by atoms with van der Waals surface area (Å²) in [7, 11) is 0. The van der Waals surface area contributed by atoms with Crippen LogP contribution >= 0.6 is 12.6 Å². The molecule has 0 fully saturated rings.